The molecule has 0 aliphatic carbocycles. The minimum Gasteiger partial charge on any atom is -0.352 e. The number of nitrogens with zero attached hydrogens (tertiary/aromatic N) is 2. The highest BCUT2D eigenvalue weighted by Crippen LogP contribution is 2.15. The average molecular weight is 335 g/mol. The summed E-state index contributed by atoms with van der Waals surface area (Å²) in [4.78, 5) is 16.1. The molecular formula is C15H17N3O4S. The van der Waals surface area contributed by atoms with Gasteiger partial charge in [0, 0.05) is 24.4 Å². The van der Waals surface area contributed by atoms with Gasteiger partial charge in [0.1, 0.15) is 0 Å². The molecule has 0 radical (unpaired) electrons. The zero-order valence-corrected chi connectivity index (χ0v) is 13.3. The van der Waals surface area contributed by atoms with E-state index in [9.17, 15) is 13.2 Å². The maximum Gasteiger partial charge on any atom is 0.227 e. The van der Waals surface area contributed by atoms with Gasteiger partial charge in [0.2, 0.25) is 17.6 Å². The summed E-state index contributed by atoms with van der Waals surface area (Å²) < 4.78 is 27.8. The van der Waals surface area contributed by atoms with E-state index in [1.54, 1.807) is 0 Å². The third-order valence-electron chi connectivity index (χ3n) is 3.66. The fraction of sp³-hybridized carbons (Fsp3) is 0.400. The molecule has 2 aromatic rings. The first-order valence-corrected chi connectivity index (χ1v) is 9.22. The number of rotatable bonds is 5. The van der Waals surface area contributed by atoms with E-state index >= 15 is 0 Å². The van der Waals surface area contributed by atoms with Crippen LogP contribution < -0.4 is 5.32 Å². The number of amides is 1. The van der Waals surface area contributed by atoms with E-state index in [0.717, 1.165) is 5.56 Å². The van der Waals surface area contributed by atoms with Crippen molar-refractivity contribution >= 4 is 15.7 Å². The van der Waals surface area contributed by atoms with Crippen LogP contribution >= 0.6 is 0 Å². The molecular weight excluding hydrogens is 318 g/mol. The lowest BCUT2D eigenvalue weighted by molar-refractivity contribution is -0.121. The van der Waals surface area contributed by atoms with Crippen LogP contribution in [0.4, 0.5) is 0 Å². The summed E-state index contributed by atoms with van der Waals surface area (Å²) in [7, 11) is -2.99. The van der Waals surface area contributed by atoms with Crippen molar-refractivity contribution < 1.29 is 17.7 Å². The number of aryl methyl sites for hydroxylation is 1. The minimum absolute atomic E-state index is 0.0253. The molecule has 1 atom stereocenters. The lowest BCUT2D eigenvalue weighted by atomic mass is 10.2. The SMILES string of the molecule is O=C(CCc1nc(-c2ccccc2)no1)N[C@@H]1CCS(=O)(=O)C1. The molecule has 8 heteroatoms. The third kappa shape index (κ3) is 4.16. The van der Waals surface area contributed by atoms with Crippen LogP contribution in [0.2, 0.25) is 0 Å². The first-order chi connectivity index (χ1) is 11.0. The molecule has 1 aliphatic rings. The van der Waals surface area contributed by atoms with Crippen molar-refractivity contribution in [1.82, 2.24) is 15.5 Å². The quantitative estimate of drug-likeness (QED) is 0.873. The fourth-order valence-corrected chi connectivity index (χ4v) is 4.16. The van der Waals surface area contributed by atoms with Crippen LogP contribution in [-0.2, 0) is 21.1 Å². The molecule has 1 amide bonds. The Labute approximate surface area is 134 Å². The molecule has 23 heavy (non-hydrogen) atoms. The van der Waals surface area contributed by atoms with Crippen LogP contribution in [0.15, 0.2) is 34.9 Å². The lowest BCUT2D eigenvalue weighted by Gasteiger charge is -2.09. The van der Waals surface area contributed by atoms with Gasteiger partial charge >= 0.3 is 0 Å². The molecule has 0 saturated carbocycles. The van der Waals surface area contributed by atoms with E-state index in [4.69, 9.17) is 4.52 Å². The predicted octanol–water partition coefficient (Wildman–Crippen LogP) is 0.972. The van der Waals surface area contributed by atoms with Gasteiger partial charge in [0.25, 0.3) is 0 Å². The summed E-state index contributed by atoms with van der Waals surface area (Å²) in [6, 6.07) is 9.14. The van der Waals surface area contributed by atoms with Crippen molar-refractivity contribution in [2.45, 2.75) is 25.3 Å². The van der Waals surface area contributed by atoms with E-state index in [-0.39, 0.29) is 29.9 Å². The van der Waals surface area contributed by atoms with Gasteiger partial charge in [-0.05, 0) is 6.42 Å². The van der Waals surface area contributed by atoms with Crippen LogP contribution in [0.3, 0.4) is 0 Å². The maximum atomic E-state index is 11.9. The van der Waals surface area contributed by atoms with Crippen molar-refractivity contribution in [3.63, 3.8) is 0 Å². The Morgan fingerprint density at radius 2 is 2.09 bits per heavy atom. The molecule has 1 aromatic carbocycles. The summed E-state index contributed by atoms with van der Waals surface area (Å²) >= 11 is 0. The number of aromatic nitrogens is 2. The Morgan fingerprint density at radius 1 is 1.30 bits per heavy atom. The molecule has 0 unspecified atom stereocenters. The minimum atomic E-state index is -2.99. The molecule has 1 aliphatic heterocycles. The van der Waals surface area contributed by atoms with Crippen molar-refractivity contribution in [1.29, 1.82) is 0 Å². The average Bonchev–Trinajstić information content (AvgIpc) is 3.13. The smallest absolute Gasteiger partial charge is 0.227 e. The molecule has 1 N–H and O–H groups in total. The van der Waals surface area contributed by atoms with Crippen LogP contribution in [0, 0.1) is 0 Å². The highest BCUT2D eigenvalue weighted by molar-refractivity contribution is 7.91. The molecule has 7 nitrogen and oxygen atoms in total. The third-order valence-corrected chi connectivity index (χ3v) is 5.43. The van der Waals surface area contributed by atoms with Crippen LogP contribution in [0.5, 0.6) is 0 Å². The lowest BCUT2D eigenvalue weighted by Crippen LogP contribution is -2.35. The normalized spacial score (nSPS) is 19.6. The highest BCUT2D eigenvalue weighted by Gasteiger charge is 2.28. The molecule has 3 rings (SSSR count). The van der Waals surface area contributed by atoms with Crippen LogP contribution in [-0.4, -0.2) is 42.0 Å². The number of carbonyl (C=O) groups excluding carboxylic acids is 1. The molecule has 2 heterocycles. The Hall–Kier alpha value is -2.22. The Balaban J connectivity index is 1.51. The fourth-order valence-electron chi connectivity index (χ4n) is 2.49. The number of sulfone groups is 1. The Morgan fingerprint density at radius 3 is 2.78 bits per heavy atom. The second-order valence-electron chi connectivity index (χ2n) is 5.55. The van der Waals surface area contributed by atoms with Gasteiger partial charge in [-0.2, -0.15) is 4.98 Å². The largest absolute Gasteiger partial charge is 0.352 e. The van der Waals surface area contributed by atoms with E-state index in [2.05, 4.69) is 15.5 Å². The Bertz CT molecular complexity index is 786. The zero-order valence-electron chi connectivity index (χ0n) is 12.4. The predicted molar refractivity (Wildman–Crippen MR) is 83.3 cm³/mol. The van der Waals surface area contributed by atoms with Gasteiger partial charge in [0.15, 0.2) is 9.84 Å². The van der Waals surface area contributed by atoms with Gasteiger partial charge in [-0.3, -0.25) is 4.79 Å². The van der Waals surface area contributed by atoms with E-state index in [0.29, 0.717) is 24.6 Å². The van der Waals surface area contributed by atoms with E-state index < -0.39 is 9.84 Å². The van der Waals surface area contributed by atoms with Crippen molar-refractivity contribution in [3.8, 4) is 11.4 Å². The molecule has 1 aromatic heterocycles. The van der Waals surface area contributed by atoms with Crippen molar-refractivity contribution in [2.75, 3.05) is 11.5 Å². The van der Waals surface area contributed by atoms with Gasteiger partial charge in [-0.25, -0.2) is 8.42 Å². The van der Waals surface area contributed by atoms with Crippen molar-refractivity contribution in [2.24, 2.45) is 0 Å². The Kier molecular flexibility index (Phi) is 4.42. The summed E-state index contributed by atoms with van der Waals surface area (Å²) in [5, 5.41) is 6.62. The summed E-state index contributed by atoms with van der Waals surface area (Å²) in [6.45, 7) is 0. The summed E-state index contributed by atoms with van der Waals surface area (Å²) in [6.07, 6.45) is 0.991. The van der Waals surface area contributed by atoms with Gasteiger partial charge in [-0.1, -0.05) is 35.5 Å². The second kappa shape index (κ2) is 6.49. The topological polar surface area (TPSA) is 102 Å². The first kappa shape index (κ1) is 15.7. The molecule has 1 saturated heterocycles. The monoisotopic (exact) mass is 335 g/mol. The standard InChI is InChI=1S/C15H17N3O4S/c19-13(16-12-8-9-23(20,21)10-12)6-7-14-17-15(18-22-14)11-4-2-1-3-5-11/h1-5,12H,6-10H2,(H,16,19)/t12-/m1/s1. The number of carbonyl (C=O) groups is 1. The highest BCUT2D eigenvalue weighted by atomic mass is 32.2. The number of hydrogen-bond donors (Lipinski definition) is 1. The maximum absolute atomic E-state index is 11.9. The van der Waals surface area contributed by atoms with E-state index in [1.165, 1.54) is 0 Å². The summed E-state index contributed by atoms with van der Waals surface area (Å²) in [5.74, 6) is 0.840. The molecule has 0 bridgehead atoms. The number of benzene rings is 1. The van der Waals surface area contributed by atoms with Gasteiger partial charge < -0.3 is 9.84 Å². The summed E-state index contributed by atoms with van der Waals surface area (Å²) in [5.41, 5.74) is 0.850. The number of nitrogens with one attached hydrogen (secondary N) is 1. The van der Waals surface area contributed by atoms with Crippen LogP contribution in [0.1, 0.15) is 18.7 Å². The first-order valence-electron chi connectivity index (χ1n) is 7.40. The van der Waals surface area contributed by atoms with Crippen molar-refractivity contribution in [3.05, 3.63) is 36.2 Å². The molecule has 122 valence electrons. The molecule has 0 spiro atoms. The second-order valence-corrected chi connectivity index (χ2v) is 7.77. The zero-order chi connectivity index (χ0) is 16.3. The van der Waals surface area contributed by atoms with Crippen LogP contribution in [0.25, 0.3) is 11.4 Å². The van der Waals surface area contributed by atoms with Gasteiger partial charge in [-0.15, -0.1) is 0 Å². The van der Waals surface area contributed by atoms with E-state index in [1.807, 2.05) is 30.3 Å². The molecule has 1 fully saturated rings. The number of hydrogen-bond acceptors (Lipinski definition) is 6. The van der Waals surface area contributed by atoms with Gasteiger partial charge in [0.05, 0.1) is 11.5 Å².